The van der Waals surface area contributed by atoms with E-state index in [4.69, 9.17) is 0 Å². The van der Waals surface area contributed by atoms with E-state index in [1.165, 1.54) is 6.92 Å². The Hall–Kier alpha value is -2.21. The van der Waals surface area contributed by atoms with E-state index in [-0.39, 0.29) is 36.7 Å². The van der Waals surface area contributed by atoms with Crippen molar-refractivity contribution in [1.82, 2.24) is 10.6 Å². The molecule has 6 heteroatoms. The number of carbonyl (C=O) groups excluding carboxylic acids is 3. The summed E-state index contributed by atoms with van der Waals surface area (Å²) in [6.45, 7) is 8.27. The second kappa shape index (κ2) is 10.6. The van der Waals surface area contributed by atoms with E-state index in [1.807, 2.05) is 51.1 Å². The quantitative estimate of drug-likeness (QED) is 0.545. The lowest BCUT2D eigenvalue weighted by Gasteiger charge is -2.20. The van der Waals surface area contributed by atoms with Crippen molar-refractivity contribution in [2.75, 3.05) is 19.6 Å². The maximum atomic E-state index is 12.3. The molecule has 2 amide bonds. The Kier molecular flexibility index (Phi) is 8.84. The number of hydrogen-bond acceptors (Lipinski definition) is 3. The average Bonchev–Trinajstić information content (AvgIpc) is 2.53. The second-order valence-corrected chi connectivity index (χ2v) is 6.60. The van der Waals surface area contributed by atoms with Gasteiger partial charge < -0.3 is 15.5 Å². The van der Waals surface area contributed by atoms with Gasteiger partial charge in [-0.25, -0.2) is 0 Å². The molecule has 0 aromatic heterocycles. The zero-order chi connectivity index (χ0) is 18.8. The van der Waals surface area contributed by atoms with Crippen LogP contribution in [0.5, 0.6) is 0 Å². The molecular formula is C19H30N3O3+. The number of carbonyl (C=O) groups is 3. The molecule has 0 heterocycles. The van der Waals surface area contributed by atoms with Crippen LogP contribution in [-0.4, -0.2) is 49.3 Å². The van der Waals surface area contributed by atoms with E-state index < -0.39 is 6.04 Å². The van der Waals surface area contributed by atoms with Gasteiger partial charge >= 0.3 is 0 Å². The number of likely N-dealkylation sites (N-methyl/N-ethyl adjacent to an activating group) is 1. The van der Waals surface area contributed by atoms with Gasteiger partial charge in [0.15, 0.2) is 18.9 Å². The van der Waals surface area contributed by atoms with E-state index >= 15 is 0 Å². The van der Waals surface area contributed by atoms with E-state index in [0.717, 1.165) is 10.5 Å². The van der Waals surface area contributed by atoms with Crippen LogP contribution in [0.4, 0.5) is 0 Å². The third-order valence-corrected chi connectivity index (χ3v) is 3.88. The van der Waals surface area contributed by atoms with Crippen molar-refractivity contribution in [3.63, 3.8) is 0 Å². The van der Waals surface area contributed by atoms with Gasteiger partial charge in [-0.3, -0.25) is 14.4 Å². The third kappa shape index (κ3) is 8.44. The molecule has 1 unspecified atom stereocenters. The summed E-state index contributed by atoms with van der Waals surface area (Å²) in [5.74, 6) is -0.370. The number of ketones is 1. The lowest BCUT2D eigenvalue weighted by Crippen LogP contribution is -3.14. The highest BCUT2D eigenvalue weighted by Gasteiger charge is 2.22. The van der Waals surface area contributed by atoms with E-state index in [2.05, 4.69) is 10.6 Å². The van der Waals surface area contributed by atoms with Crippen LogP contribution < -0.4 is 15.5 Å². The smallest absolute Gasteiger partial charge is 0.275 e. The molecule has 0 fully saturated rings. The number of nitrogens with one attached hydrogen (secondary N) is 3. The molecule has 0 aliphatic rings. The molecule has 2 atom stereocenters. The fourth-order valence-electron chi connectivity index (χ4n) is 2.53. The first kappa shape index (κ1) is 20.8. The van der Waals surface area contributed by atoms with Crippen molar-refractivity contribution < 1.29 is 19.3 Å². The van der Waals surface area contributed by atoms with Gasteiger partial charge in [-0.2, -0.15) is 0 Å². The number of Topliss-reactive ketones (excluding diaryl/α,β-unsaturated/α-hetero) is 1. The number of rotatable bonds is 10. The Balaban J connectivity index is 2.58. The van der Waals surface area contributed by atoms with Crippen LogP contribution in [0.1, 0.15) is 33.3 Å². The summed E-state index contributed by atoms with van der Waals surface area (Å²) >= 11 is 0. The van der Waals surface area contributed by atoms with Gasteiger partial charge in [0, 0.05) is 6.04 Å². The fraction of sp³-hybridized carbons (Fsp3) is 0.526. The predicted octanol–water partition coefficient (Wildman–Crippen LogP) is -0.268. The Morgan fingerprint density at radius 2 is 1.56 bits per heavy atom. The van der Waals surface area contributed by atoms with Crippen LogP contribution in [0.25, 0.3) is 0 Å². The zero-order valence-electron chi connectivity index (χ0n) is 15.6. The van der Waals surface area contributed by atoms with Crippen molar-refractivity contribution in [3.05, 3.63) is 35.9 Å². The first-order valence-corrected chi connectivity index (χ1v) is 8.78. The SMILES string of the molecule is CC[NH+](CC(=O)NC(C)C)CC(=O)N[C@H](Cc1ccccc1)C(C)=O. The van der Waals surface area contributed by atoms with Crippen molar-refractivity contribution in [2.45, 2.75) is 46.2 Å². The molecule has 3 N–H and O–H groups in total. The highest BCUT2D eigenvalue weighted by atomic mass is 16.2. The van der Waals surface area contributed by atoms with E-state index in [0.29, 0.717) is 13.0 Å². The van der Waals surface area contributed by atoms with Crippen LogP contribution in [-0.2, 0) is 20.8 Å². The predicted molar refractivity (Wildman–Crippen MR) is 97.3 cm³/mol. The average molecular weight is 348 g/mol. The molecule has 0 bridgehead atoms. The Morgan fingerprint density at radius 3 is 2.04 bits per heavy atom. The standard InChI is InChI=1S/C19H29N3O3/c1-5-22(12-18(24)20-14(2)3)13-19(25)21-17(15(4)23)11-16-9-7-6-8-10-16/h6-10,14,17H,5,11-13H2,1-4H3,(H,20,24)(H,21,25)/p+1/t17-/m1/s1. The number of benzene rings is 1. The second-order valence-electron chi connectivity index (χ2n) is 6.60. The van der Waals surface area contributed by atoms with Crippen LogP contribution in [0, 0.1) is 0 Å². The molecule has 138 valence electrons. The summed E-state index contributed by atoms with van der Waals surface area (Å²) in [5.41, 5.74) is 0.999. The maximum Gasteiger partial charge on any atom is 0.275 e. The summed E-state index contributed by atoms with van der Waals surface area (Å²) in [4.78, 5) is 36.9. The van der Waals surface area contributed by atoms with Gasteiger partial charge in [-0.1, -0.05) is 30.3 Å². The van der Waals surface area contributed by atoms with Gasteiger partial charge in [0.2, 0.25) is 0 Å². The van der Waals surface area contributed by atoms with Gasteiger partial charge in [0.25, 0.3) is 11.8 Å². The minimum absolute atomic E-state index is 0.0761. The first-order valence-electron chi connectivity index (χ1n) is 8.78. The summed E-state index contributed by atoms with van der Waals surface area (Å²) in [6, 6.07) is 9.12. The molecular weight excluding hydrogens is 318 g/mol. The molecule has 0 saturated carbocycles. The summed E-state index contributed by atoms with van der Waals surface area (Å²) in [5, 5.41) is 5.63. The lowest BCUT2D eigenvalue weighted by molar-refractivity contribution is -0.881. The van der Waals surface area contributed by atoms with Crippen molar-refractivity contribution >= 4 is 17.6 Å². The molecule has 25 heavy (non-hydrogen) atoms. The van der Waals surface area contributed by atoms with Crippen LogP contribution in [0.15, 0.2) is 30.3 Å². The van der Waals surface area contributed by atoms with Crippen molar-refractivity contribution in [1.29, 1.82) is 0 Å². The van der Waals surface area contributed by atoms with Gasteiger partial charge in [0.1, 0.15) is 0 Å². The third-order valence-electron chi connectivity index (χ3n) is 3.88. The highest BCUT2D eigenvalue weighted by Crippen LogP contribution is 2.03. The Bertz CT molecular complexity index is 573. The zero-order valence-corrected chi connectivity index (χ0v) is 15.6. The van der Waals surface area contributed by atoms with Crippen molar-refractivity contribution in [3.8, 4) is 0 Å². The highest BCUT2D eigenvalue weighted by molar-refractivity contribution is 5.88. The molecule has 0 aliphatic heterocycles. The summed E-state index contributed by atoms with van der Waals surface area (Å²) in [7, 11) is 0. The first-order chi connectivity index (χ1) is 11.8. The normalized spacial score (nSPS) is 13.2. The minimum Gasteiger partial charge on any atom is -0.349 e. The number of hydrogen-bond donors (Lipinski definition) is 3. The number of amides is 2. The molecule has 1 aromatic carbocycles. The largest absolute Gasteiger partial charge is 0.349 e. The van der Waals surface area contributed by atoms with E-state index in [1.54, 1.807) is 0 Å². The molecule has 0 spiro atoms. The van der Waals surface area contributed by atoms with Crippen LogP contribution in [0.2, 0.25) is 0 Å². The monoisotopic (exact) mass is 348 g/mol. The summed E-state index contributed by atoms with van der Waals surface area (Å²) < 4.78 is 0. The van der Waals surface area contributed by atoms with Crippen molar-refractivity contribution in [2.24, 2.45) is 0 Å². The van der Waals surface area contributed by atoms with Gasteiger partial charge in [0.05, 0.1) is 12.6 Å². The Labute approximate surface area is 150 Å². The molecule has 1 rings (SSSR count). The van der Waals surface area contributed by atoms with Crippen LogP contribution in [0.3, 0.4) is 0 Å². The minimum atomic E-state index is -0.544. The van der Waals surface area contributed by atoms with Crippen LogP contribution >= 0.6 is 0 Å². The van der Waals surface area contributed by atoms with Gasteiger partial charge in [-0.05, 0) is 39.7 Å². The fourth-order valence-corrected chi connectivity index (χ4v) is 2.53. The topological polar surface area (TPSA) is 79.7 Å². The Morgan fingerprint density at radius 1 is 1.00 bits per heavy atom. The maximum absolute atomic E-state index is 12.3. The molecule has 1 aromatic rings. The molecule has 0 radical (unpaired) electrons. The number of quaternary nitrogens is 1. The molecule has 6 nitrogen and oxygen atoms in total. The lowest BCUT2D eigenvalue weighted by atomic mass is 10.0. The molecule has 0 aliphatic carbocycles. The van der Waals surface area contributed by atoms with E-state index in [9.17, 15) is 14.4 Å². The molecule has 0 saturated heterocycles. The summed E-state index contributed by atoms with van der Waals surface area (Å²) in [6.07, 6.45) is 0.469. The van der Waals surface area contributed by atoms with Gasteiger partial charge in [-0.15, -0.1) is 0 Å².